The number of nitrogens with zero attached hydrogens (tertiary/aromatic N) is 1. The van der Waals surface area contributed by atoms with E-state index in [9.17, 15) is 9.59 Å². The van der Waals surface area contributed by atoms with Gasteiger partial charge in [0.05, 0.1) is 170 Å². The molecular formula is C34H59NO14. The molecule has 49 heavy (non-hydrogen) atoms. The number of carbonyl (C=O) groups excluding carboxylic acids is 2. The van der Waals surface area contributed by atoms with E-state index in [1.165, 1.54) is 12.2 Å². The Labute approximate surface area is 291 Å². The molecule has 284 valence electrons. The van der Waals surface area contributed by atoms with Crippen molar-refractivity contribution in [2.24, 2.45) is 0 Å². The van der Waals surface area contributed by atoms with Gasteiger partial charge in [-0.15, -0.1) is 0 Å². The van der Waals surface area contributed by atoms with Crippen LogP contribution < -0.4 is 0 Å². The fourth-order valence-corrected chi connectivity index (χ4v) is 3.93. The Morgan fingerprint density at radius 2 is 0.592 bits per heavy atom. The molecule has 15 heteroatoms. The monoisotopic (exact) mass is 705 g/mol. The molecule has 0 radical (unpaired) electrons. The van der Waals surface area contributed by atoms with Crippen molar-refractivity contribution in [1.29, 1.82) is 0 Å². The van der Waals surface area contributed by atoms with Crippen molar-refractivity contribution >= 4 is 11.8 Å². The SMILES string of the molecule is C=CC1=C(C=C)C(=O)N(CCOCCOCCOCCOCCOCCOCCOCCOCCOCCOCCOCCOCC)C1=O. The Morgan fingerprint density at radius 3 is 0.796 bits per heavy atom. The Balaban J connectivity index is 1.68. The fourth-order valence-electron chi connectivity index (χ4n) is 3.93. The summed E-state index contributed by atoms with van der Waals surface area (Å²) in [5.41, 5.74) is 0.536. The van der Waals surface area contributed by atoms with Crippen LogP contribution in [0, 0.1) is 0 Å². The van der Waals surface area contributed by atoms with E-state index in [-0.39, 0.29) is 36.1 Å². The van der Waals surface area contributed by atoms with Crippen molar-refractivity contribution < 1.29 is 66.4 Å². The number of carbonyl (C=O) groups is 2. The average molecular weight is 706 g/mol. The molecule has 0 spiro atoms. The van der Waals surface area contributed by atoms with E-state index in [1.54, 1.807) is 0 Å². The number of hydrogen-bond donors (Lipinski definition) is 0. The molecule has 0 saturated heterocycles. The quantitative estimate of drug-likeness (QED) is 0.0667. The zero-order chi connectivity index (χ0) is 35.5. The zero-order valence-electron chi connectivity index (χ0n) is 29.4. The van der Waals surface area contributed by atoms with Crippen LogP contribution in [0.3, 0.4) is 0 Å². The minimum Gasteiger partial charge on any atom is -0.379 e. The number of imide groups is 1. The summed E-state index contributed by atoms with van der Waals surface area (Å²) in [6.07, 6.45) is 2.74. The topological polar surface area (TPSA) is 148 Å². The Kier molecular flexibility index (Phi) is 31.5. The predicted octanol–water partition coefficient (Wildman–Crippen LogP) is 1.24. The van der Waals surface area contributed by atoms with Crippen molar-refractivity contribution in [3.8, 4) is 0 Å². The van der Waals surface area contributed by atoms with Gasteiger partial charge in [-0.2, -0.15) is 0 Å². The first-order valence-corrected chi connectivity index (χ1v) is 17.0. The minimum atomic E-state index is -0.380. The molecule has 0 saturated carbocycles. The molecule has 1 aliphatic heterocycles. The van der Waals surface area contributed by atoms with E-state index < -0.39 is 0 Å². The van der Waals surface area contributed by atoms with E-state index in [1.807, 2.05) is 6.92 Å². The van der Waals surface area contributed by atoms with Gasteiger partial charge >= 0.3 is 0 Å². The smallest absolute Gasteiger partial charge is 0.261 e. The summed E-state index contributed by atoms with van der Waals surface area (Å²) in [4.78, 5) is 25.6. The van der Waals surface area contributed by atoms with Gasteiger partial charge < -0.3 is 56.8 Å². The molecule has 0 bridgehead atoms. The van der Waals surface area contributed by atoms with Crippen LogP contribution in [-0.4, -0.2) is 182 Å². The van der Waals surface area contributed by atoms with Gasteiger partial charge in [-0.3, -0.25) is 14.5 Å². The van der Waals surface area contributed by atoms with Crippen LogP contribution in [0.1, 0.15) is 6.92 Å². The Hall–Kier alpha value is -2.12. The van der Waals surface area contributed by atoms with Gasteiger partial charge in [0.25, 0.3) is 11.8 Å². The summed E-state index contributed by atoms with van der Waals surface area (Å²) in [6, 6.07) is 0. The molecule has 0 aromatic carbocycles. The molecule has 0 fully saturated rings. The van der Waals surface area contributed by atoms with Crippen LogP contribution in [0.4, 0.5) is 0 Å². The summed E-state index contributed by atoms with van der Waals surface area (Å²) in [7, 11) is 0. The standard InChI is InChI=1S/C34H59NO14/c1-4-31-32(5-2)34(37)35(33(31)36)7-8-39-11-12-41-15-16-43-19-20-45-23-24-47-27-28-49-30-29-48-26-25-46-22-21-44-18-17-42-14-13-40-10-9-38-6-3/h4-5H,1-2,6-30H2,3H3. The summed E-state index contributed by atoms with van der Waals surface area (Å²) in [6.45, 7) is 20.9. The molecule has 0 unspecified atom stereocenters. The minimum absolute atomic E-state index is 0.158. The molecule has 0 aromatic rings. The lowest BCUT2D eigenvalue weighted by Gasteiger charge is -2.14. The highest BCUT2D eigenvalue weighted by Crippen LogP contribution is 2.21. The molecule has 2 amide bonds. The summed E-state index contributed by atoms with van der Waals surface area (Å²) in [5.74, 6) is -0.761. The second kappa shape index (κ2) is 34.3. The largest absolute Gasteiger partial charge is 0.379 e. The first-order chi connectivity index (χ1) is 24.2. The van der Waals surface area contributed by atoms with Crippen LogP contribution in [0.2, 0.25) is 0 Å². The van der Waals surface area contributed by atoms with Crippen molar-refractivity contribution in [3.63, 3.8) is 0 Å². The second-order valence-electron chi connectivity index (χ2n) is 9.93. The van der Waals surface area contributed by atoms with Crippen molar-refractivity contribution in [3.05, 3.63) is 36.5 Å². The molecule has 0 atom stereocenters. The van der Waals surface area contributed by atoms with Crippen LogP contribution in [0.15, 0.2) is 36.5 Å². The fraction of sp³-hybridized carbons (Fsp3) is 0.765. The molecule has 0 N–H and O–H groups in total. The lowest BCUT2D eigenvalue weighted by atomic mass is 10.1. The lowest BCUT2D eigenvalue weighted by molar-refractivity contribution is -0.138. The molecule has 0 aromatic heterocycles. The number of hydrogen-bond acceptors (Lipinski definition) is 14. The maximum Gasteiger partial charge on any atom is 0.261 e. The highest BCUT2D eigenvalue weighted by molar-refractivity contribution is 6.21. The van der Waals surface area contributed by atoms with Crippen molar-refractivity contribution in [2.75, 3.05) is 165 Å². The average Bonchev–Trinajstić information content (AvgIpc) is 3.34. The maximum atomic E-state index is 12.2. The number of ether oxygens (including phenoxy) is 12. The molecule has 15 nitrogen and oxygen atoms in total. The van der Waals surface area contributed by atoms with E-state index in [4.69, 9.17) is 56.8 Å². The van der Waals surface area contributed by atoms with Crippen LogP contribution >= 0.6 is 0 Å². The van der Waals surface area contributed by atoms with Crippen molar-refractivity contribution in [2.45, 2.75) is 6.92 Å². The van der Waals surface area contributed by atoms with Crippen molar-refractivity contribution in [1.82, 2.24) is 4.90 Å². The molecule has 0 aliphatic carbocycles. The third kappa shape index (κ3) is 24.6. The van der Waals surface area contributed by atoms with E-state index in [0.29, 0.717) is 152 Å². The summed E-state index contributed by atoms with van der Waals surface area (Å²) < 4.78 is 65.1. The van der Waals surface area contributed by atoms with E-state index >= 15 is 0 Å². The van der Waals surface area contributed by atoms with Gasteiger partial charge in [0.2, 0.25) is 0 Å². The van der Waals surface area contributed by atoms with Gasteiger partial charge in [0, 0.05) is 6.61 Å². The third-order valence-electron chi connectivity index (χ3n) is 6.40. The van der Waals surface area contributed by atoms with Crippen LogP contribution in [0.5, 0.6) is 0 Å². The maximum absolute atomic E-state index is 12.2. The normalized spacial score (nSPS) is 13.3. The lowest BCUT2D eigenvalue weighted by Crippen LogP contribution is -2.34. The van der Waals surface area contributed by atoms with E-state index in [2.05, 4.69) is 13.2 Å². The summed E-state index contributed by atoms with van der Waals surface area (Å²) >= 11 is 0. The van der Waals surface area contributed by atoms with Crippen LogP contribution in [-0.2, 0) is 66.4 Å². The van der Waals surface area contributed by atoms with Crippen LogP contribution in [0.25, 0.3) is 0 Å². The highest BCUT2D eigenvalue weighted by Gasteiger charge is 2.34. The predicted molar refractivity (Wildman–Crippen MR) is 180 cm³/mol. The van der Waals surface area contributed by atoms with E-state index in [0.717, 1.165) is 4.90 Å². The van der Waals surface area contributed by atoms with Gasteiger partial charge in [-0.1, -0.05) is 25.3 Å². The Bertz CT molecular complexity index is 842. The highest BCUT2D eigenvalue weighted by atomic mass is 16.6. The third-order valence-corrected chi connectivity index (χ3v) is 6.40. The van der Waals surface area contributed by atoms with Gasteiger partial charge in [0.1, 0.15) is 0 Å². The van der Waals surface area contributed by atoms with Gasteiger partial charge in [-0.25, -0.2) is 0 Å². The first kappa shape index (κ1) is 44.9. The number of rotatable bonds is 39. The van der Waals surface area contributed by atoms with Gasteiger partial charge in [-0.05, 0) is 6.92 Å². The second-order valence-corrected chi connectivity index (χ2v) is 9.93. The molecule has 1 rings (SSSR count). The van der Waals surface area contributed by atoms with Gasteiger partial charge in [0.15, 0.2) is 0 Å². The molecular weight excluding hydrogens is 646 g/mol. The zero-order valence-corrected chi connectivity index (χ0v) is 29.4. The number of amides is 2. The summed E-state index contributed by atoms with van der Waals surface area (Å²) in [5, 5.41) is 0. The Morgan fingerprint density at radius 1 is 0.388 bits per heavy atom. The molecule has 1 aliphatic rings. The first-order valence-electron chi connectivity index (χ1n) is 17.0. The molecule has 1 heterocycles.